The number of carboxylic acids is 1. The Kier molecular flexibility index (Phi) is 17.5. The molecule has 3 atom stereocenters. The minimum Gasteiger partial charge on any atom is -0.475 e. The summed E-state index contributed by atoms with van der Waals surface area (Å²) in [5.74, 6) is -6.55. The number of primary amides is 1. The number of alkyl halides is 3. The van der Waals surface area contributed by atoms with Crippen molar-refractivity contribution >= 4 is 68.8 Å². The molecule has 0 saturated carbocycles. The molecule has 292 valence electrons. The molecule has 0 aliphatic rings. The third-order valence-electron chi connectivity index (χ3n) is 7.07. The van der Waals surface area contributed by atoms with E-state index in [1.54, 1.807) is 42.5 Å². The Balaban J connectivity index is 0.00000131. The first kappa shape index (κ1) is 44.0. The number of guanidine groups is 1. The molecule has 0 radical (unpaired) electrons. The van der Waals surface area contributed by atoms with E-state index in [-0.39, 0.29) is 43.2 Å². The number of carbonyl (C=O) groups is 7. The summed E-state index contributed by atoms with van der Waals surface area (Å²) in [5, 5.41) is 17.6. The average Bonchev–Trinajstić information content (AvgIpc) is 3.54. The SMILES string of the molecule is CC(=O)NCC(=O)N[C@@H](CCC(N)=O)C(=O)N[C@@H](Cc1ccccc1)C(=O)N[C@@H](CCCN=C(N)N)C(=O)c1nc2ccccc2s1.O=C(O)C(F)(F)F. The molecule has 17 nitrogen and oxygen atoms in total. The summed E-state index contributed by atoms with van der Waals surface area (Å²) in [6.07, 6.45) is -4.91. The first-order valence-corrected chi connectivity index (χ1v) is 16.9. The van der Waals surface area contributed by atoms with Gasteiger partial charge in [0.2, 0.25) is 35.3 Å². The van der Waals surface area contributed by atoms with Crippen molar-refractivity contribution < 1.29 is 51.8 Å². The number of nitrogens with two attached hydrogens (primary N) is 3. The minimum absolute atomic E-state index is 0.0385. The number of halogens is 3. The molecule has 0 fully saturated rings. The van der Waals surface area contributed by atoms with E-state index in [9.17, 15) is 41.9 Å². The van der Waals surface area contributed by atoms with Crippen LogP contribution in [0.15, 0.2) is 59.6 Å². The van der Waals surface area contributed by atoms with Crippen LogP contribution in [0.25, 0.3) is 10.2 Å². The fourth-order valence-corrected chi connectivity index (χ4v) is 5.47. The quantitative estimate of drug-likeness (QED) is 0.0375. The molecule has 2 aromatic carbocycles. The molecule has 0 aliphatic heterocycles. The lowest BCUT2D eigenvalue weighted by molar-refractivity contribution is -0.192. The Morgan fingerprint density at radius 1 is 0.852 bits per heavy atom. The van der Waals surface area contributed by atoms with Gasteiger partial charge in [-0.2, -0.15) is 13.2 Å². The van der Waals surface area contributed by atoms with Gasteiger partial charge >= 0.3 is 12.1 Å². The van der Waals surface area contributed by atoms with Crippen molar-refractivity contribution in [2.45, 2.75) is 63.3 Å². The predicted octanol–water partition coefficient (Wildman–Crippen LogP) is 0.265. The summed E-state index contributed by atoms with van der Waals surface area (Å²) in [4.78, 5) is 93.5. The van der Waals surface area contributed by atoms with Gasteiger partial charge in [0.05, 0.1) is 22.8 Å². The highest BCUT2D eigenvalue weighted by molar-refractivity contribution is 7.20. The second-order valence-electron chi connectivity index (χ2n) is 11.4. The Morgan fingerprint density at radius 2 is 1.44 bits per heavy atom. The van der Waals surface area contributed by atoms with Crippen LogP contribution in [0.2, 0.25) is 0 Å². The number of ketones is 1. The molecule has 3 aromatic rings. The van der Waals surface area contributed by atoms with Crippen molar-refractivity contribution in [3.05, 3.63) is 65.2 Å². The van der Waals surface area contributed by atoms with Crippen molar-refractivity contribution in [1.82, 2.24) is 26.3 Å². The summed E-state index contributed by atoms with van der Waals surface area (Å²) in [6.45, 7) is 1.04. The van der Waals surface area contributed by atoms with Gasteiger partial charge < -0.3 is 43.6 Å². The van der Waals surface area contributed by atoms with Gasteiger partial charge in [-0.25, -0.2) is 9.78 Å². The molecule has 11 N–H and O–H groups in total. The van der Waals surface area contributed by atoms with Gasteiger partial charge in [0.1, 0.15) is 12.1 Å². The first-order valence-electron chi connectivity index (χ1n) is 16.1. The van der Waals surface area contributed by atoms with E-state index in [1.165, 1.54) is 18.3 Å². The van der Waals surface area contributed by atoms with Gasteiger partial charge in [-0.3, -0.25) is 33.8 Å². The number of para-hydroxylation sites is 1. The minimum atomic E-state index is -5.08. The Bertz CT molecular complexity index is 1790. The number of nitrogens with zero attached hydrogens (tertiary/aromatic N) is 2. The van der Waals surface area contributed by atoms with Crippen molar-refractivity contribution in [3.8, 4) is 0 Å². The third-order valence-corrected chi connectivity index (χ3v) is 8.12. The Hall–Kier alpha value is -6.12. The van der Waals surface area contributed by atoms with Gasteiger partial charge in [0.25, 0.3) is 0 Å². The maximum Gasteiger partial charge on any atom is 0.490 e. The largest absolute Gasteiger partial charge is 0.490 e. The van der Waals surface area contributed by atoms with Gasteiger partial charge in [-0.15, -0.1) is 11.3 Å². The van der Waals surface area contributed by atoms with Crippen LogP contribution in [-0.2, 0) is 35.2 Å². The van der Waals surface area contributed by atoms with Crippen LogP contribution in [0.5, 0.6) is 0 Å². The van der Waals surface area contributed by atoms with Crippen molar-refractivity contribution in [3.63, 3.8) is 0 Å². The van der Waals surface area contributed by atoms with Crippen LogP contribution in [-0.4, -0.2) is 94.7 Å². The van der Waals surface area contributed by atoms with Crippen LogP contribution >= 0.6 is 11.3 Å². The standard InChI is InChI=1S/C31H39N9O6S.C2HF3O2/c1-18(41)36-17-26(43)37-22(13-14-25(32)42)28(45)39-23(16-19-8-3-2-4-9-19)29(46)38-21(11-7-15-35-31(33)34)27(44)30-40-20-10-5-6-12-24(20)47-30;3-2(4,5)1(6)7/h2-6,8-10,12,21-23H,7,11,13-17H2,1H3,(H2,32,42)(H,36,41)(H,37,43)(H,38,46)(H,39,45)(H4,33,34,35);(H,6,7)/t21-,22-,23-;/m0./s1. The molecule has 0 unspecified atom stereocenters. The van der Waals surface area contributed by atoms with E-state index in [0.29, 0.717) is 17.5 Å². The number of hydrogen-bond donors (Lipinski definition) is 8. The van der Waals surface area contributed by atoms with Gasteiger partial charge in [-0.1, -0.05) is 42.5 Å². The zero-order valence-electron chi connectivity index (χ0n) is 28.9. The molecule has 5 amide bonds. The molecule has 0 bridgehead atoms. The topological polar surface area (TPSA) is 291 Å². The van der Waals surface area contributed by atoms with E-state index < -0.39 is 72.1 Å². The van der Waals surface area contributed by atoms with Crippen LogP contribution in [0, 0.1) is 0 Å². The number of thiazole rings is 1. The van der Waals surface area contributed by atoms with E-state index in [0.717, 1.165) is 4.70 Å². The summed E-state index contributed by atoms with van der Waals surface area (Å²) in [5.41, 5.74) is 17.5. The molecule has 0 aliphatic carbocycles. The van der Waals surface area contributed by atoms with Crippen molar-refractivity contribution in [2.75, 3.05) is 13.1 Å². The summed E-state index contributed by atoms with van der Waals surface area (Å²) in [6, 6.07) is 12.7. The third kappa shape index (κ3) is 16.0. The van der Waals surface area contributed by atoms with Gasteiger partial charge in [0, 0.05) is 26.3 Å². The molecular weight excluding hydrogens is 739 g/mol. The number of benzene rings is 2. The van der Waals surface area contributed by atoms with Crippen molar-refractivity contribution in [1.29, 1.82) is 0 Å². The zero-order valence-corrected chi connectivity index (χ0v) is 29.7. The number of amides is 5. The Labute approximate surface area is 310 Å². The number of aromatic nitrogens is 1. The molecule has 21 heteroatoms. The summed E-state index contributed by atoms with van der Waals surface area (Å²) < 4.78 is 32.5. The van der Waals surface area contributed by atoms with Crippen LogP contribution in [0.3, 0.4) is 0 Å². The fourth-order valence-electron chi connectivity index (χ4n) is 4.51. The highest BCUT2D eigenvalue weighted by atomic mass is 32.1. The molecule has 54 heavy (non-hydrogen) atoms. The van der Waals surface area contributed by atoms with E-state index in [1.807, 2.05) is 12.1 Å². The number of carbonyl (C=O) groups excluding carboxylic acids is 6. The second-order valence-corrected chi connectivity index (χ2v) is 12.5. The van der Waals surface area contributed by atoms with E-state index >= 15 is 0 Å². The van der Waals surface area contributed by atoms with Gasteiger partial charge in [-0.05, 0) is 37.0 Å². The van der Waals surface area contributed by atoms with E-state index in [2.05, 4.69) is 31.2 Å². The van der Waals surface area contributed by atoms with E-state index in [4.69, 9.17) is 27.1 Å². The smallest absolute Gasteiger partial charge is 0.475 e. The number of nitrogens with one attached hydrogen (secondary N) is 4. The number of fused-ring (bicyclic) bond motifs is 1. The molecule has 3 rings (SSSR count). The molecule has 0 saturated heterocycles. The number of aliphatic imine (C=N–C) groups is 1. The van der Waals surface area contributed by atoms with Gasteiger partial charge in [0.15, 0.2) is 11.0 Å². The van der Waals surface area contributed by atoms with Crippen LogP contribution < -0.4 is 38.5 Å². The number of rotatable bonds is 18. The number of aliphatic carboxylic acids is 1. The zero-order chi connectivity index (χ0) is 40.4. The van der Waals surface area contributed by atoms with Crippen LogP contribution in [0.1, 0.15) is 48.0 Å². The van der Waals surface area contributed by atoms with Crippen LogP contribution in [0.4, 0.5) is 13.2 Å². The lowest BCUT2D eigenvalue weighted by Gasteiger charge is -2.25. The maximum atomic E-state index is 13.9. The number of Topliss-reactive ketones (excluding diaryl/α,β-unsaturated/α-hetero) is 1. The Morgan fingerprint density at radius 3 is 2.02 bits per heavy atom. The molecule has 1 aromatic heterocycles. The fraction of sp³-hybridized carbons (Fsp3) is 0.364. The summed E-state index contributed by atoms with van der Waals surface area (Å²) in [7, 11) is 0. The number of carboxylic acid groups (broad SMARTS) is 1. The molecule has 1 heterocycles. The highest BCUT2D eigenvalue weighted by Gasteiger charge is 2.38. The highest BCUT2D eigenvalue weighted by Crippen LogP contribution is 2.23. The van der Waals surface area contributed by atoms with Crippen molar-refractivity contribution in [2.24, 2.45) is 22.2 Å². The molecular formula is C33H40F3N9O8S. The first-order chi connectivity index (χ1) is 25.4. The normalized spacial score (nSPS) is 12.4. The predicted molar refractivity (Wildman–Crippen MR) is 191 cm³/mol. The second kappa shape index (κ2) is 21.4. The molecule has 0 spiro atoms. The maximum absolute atomic E-state index is 13.9. The lowest BCUT2D eigenvalue weighted by atomic mass is 10.0. The average molecular weight is 780 g/mol. The summed E-state index contributed by atoms with van der Waals surface area (Å²) >= 11 is 1.20. The number of hydrogen-bond acceptors (Lipinski definition) is 10. The lowest BCUT2D eigenvalue weighted by Crippen LogP contribution is -2.57. The monoisotopic (exact) mass is 779 g/mol.